The maximum Gasteiger partial charge on any atom is 0.225 e. The lowest BCUT2D eigenvalue weighted by Crippen LogP contribution is -2.48. The van der Waals surface area contributed by atoms with E-state index in [4.69, 9.17) is 10.5 Å². The summed E-state index contributed by atoms with van der Waals surface area (Å²) < 4.78 is 5.40. The summed E-state index contributed by atoms with van der Waals surface area (Å²) in [4.78, 5) is 14.9. The van der Waals surface area contributed by atoms with Gasteiger partial charge in [0.2, 0.25) is 5.91 Å². The Balaban J connectivity index is 1.42. The Labute approximate surface area is 151 Å². The molecule has 25 heavy (non-hydrogen) atoms. The van der Waals surface area contributed by atoms with E-state index in [9.17, 15) is 4.79 Å². The summed E-state index contributed by atoms with van der Waals surface area (Å²) in [6, 6.07) is 10.7. The van der Waals surface area contributed by atoms with Gasteiger partial charge in [-0.2, -0.15) is 0 Å². The molecule has 1 amide bonds. The highest BCUT2D eigenvalue weighted by atomic mass is 16.5. The molecule has 2 aliphatic rings. The van der Waals surface area contributed by atoms with Crippen molar-refractivity contribution in [2.24, 2.45) is 17.6 Å². The molecule has 1 saturated heterocycles. The lowest BCUT2D eigenvalue weighted by atomic mass is 9.82. The van der Waals surface area contributed by atoms with E-state index >= 15 is 0 Å². The summed E-state index contributed by atoms with van der Waals surface area (Å²) in [7, 11) is 1.72. The molecule has 1 aromatic carbocycles. The summed E-state index contributed by atoms with van der Waals surface area (Å²) in [5.41, 5.74) is 7.59. The fraction of sp³-hybridized carbons (Fsp3) is 0.667. The summed E-state index contributed by atoms with van der Waals surface area (Å²) in [6.07, 6.45) is 7.36. The highest BCUT2D eigenvalue weighted by Gasteiger charge is 2.35. The summed E-state index contributed by atoms with van der Waals surface area (Å²) in [5.74, 6) is 1.17. The van der Waals surface area contributed by atoms with Crippen molar-refractivity contribution < 1.29 is 9.53 Å². The van der Waals surface area contributed by atoms with Gasteiger partial charge in [0.15, 0.2) is 0 Å². The van der Waals surface area contributed by atoms with Crippen LogP contribution in [0.4, 0.5) is 0 Å². The number of rotatable bonds is 5. The van der Waals surface area contributed by atoms with E-state index in [2.05, 4.69) is 35.2 Å². The maximum atomic E-state index is 12.8. The van der Waals surface area contributed by atoms with Crippen LogP contribution in [0.1, 0.15) is 44.1 Å². The van der Waals surface area contributed by atoms with Gasteiger partial charge in [-0.3, -0.25) is 4.79 Å². The molecule has 3 atom stereocenters. The van der Waals surface area contributed by atoms with Crippen molar-refractivity contribution in [1.82, 2.24) is 4.90 Å². The molecular formula is C21H32N2O2. The molecule has 0 radical (unpaired) electrons. The molecule has 1 heterocycles. The van der Waals surface area contributed by atoms with Crippen molar-refractivity contribution in [3.63, 3.8) is 0 Å². The van der Waals surface area contributed by atoms with Crippen LogP contribution >= 0.6 is 0 Å². The number of carbonyl (C=O) groups is 1. The fourth-order valence-electron chi connectivity index (χ4n) is 4.41. The molecule has 0 bridgehead atoms. The standard InChI is InChI=1S/C21H32N2O2/c1-25-20-10-9-18(15-19(20)22)21(24)23-13-11-17(12-14-23)8-7-16-5-3-2-4-6-16/h2-6,17-20H,7-15,22H2,1H3/t18-,19+,20+/m0/s1. The molecule has 1 aromatic rings. The molecule has 2 fully saturated rings. The summed E-state index contributed by atoms with van der Waals surface area (Å²) >= 11 is 0. The lowest BCUT2D eigenvalue weighted by molar-refractivity contribution is -0.139. The van der Waals surface area contributed by atoms with E-state index in [1.54, 1.807) is 7.11 Å². The minimum Gasteiger partial charge on any atom is -0.380 e. The Kier molecular flexibility index (Phi) is 6.49. The van der Waals surface area contributed by atoms with Gasteiger partial charge in [-0.25, -0.2) is 0 Å². The minimum absolute atomic E-state index is 0.00360. The van der Waals surface area contributed by atoms with E-state index in [0.717, 1.165) is 57.5 Å². The van der Waals surface area contributed by atoms with Crippen LogP contribution in [0.3, 0.4) is 0 Å². The first-order valence-corrected chi connectivity index (χ1v) is 9.78. The number of nitrogens with zero attached hydrogens (tertiary/aromatic N) is 1. The van der Waals surface area contributed by atoms with Crippen LogP contribution in [-0.2, 0) is 16.0 Å². The third-order valence-electron chi connectivity index (χ3n) is 6.10. The van der Waals surface area contributed by atoms with Gasteiger partial charge in [-0.15, -0.1) is 0 Å². The van der Waals surface area contributed by atoms with Crippen molar-refractivity contribution in [3.8, 4) is 0 Å². The van der Waals surface area contributed by atoms with Gasteiger partial charge in [0.05, 0.1) is 6.10 Å². The lowest BCUT2D eigenvalue weighted by Gasteiger charge is -2.38. The monoisotopic (exact) mass is 344 g/mol. The molecule has 138 valence electrons. The van der Waals surface area contributed by atoms with Crippen LogP contribution in [0.2, 0.25) is 0 Å². The number of methoxy groups -OCH3 is 1. The molecular weight excluding hydrogens is 312 g/mol. The fourth-order valence-corrected chi connectivity index (χ4v) is 4.41. The molecule has 0 unspecified atom stereocenters. The van der Waals surface area contributed by atoms with Gasteiger partial charge >= 0.3 is 0 Å². The Morgan fingerprint density at radius 1 is 1.16 bits per heavy atom. The predicted octanol–water partition coefficient (Wildman–Crippen LogP) is 3.00. The van der Waals surface area contributed by atoms with Crippen molar-refractivity contribution >= 4 is 5.91 Å². The van der Waals surface area contributed by atoms with E-state index in [1.165, 1.54) is 12.0 Å². The third kappa shape index (κ3) is 4.83. The number of likely N-dealkylation sites (tertiary alicyclic amines) is 1. The van der Waals surface area contributed by atoms with Crippen LogP contribution in [0.15, 0.2) is 30.3 Å². The van der Waals surface area contributed by atoms with Gasteiger partial charge in [-0.1, -0.05) is 30.3 Å². The number of amides is 1. The van der Waals surface area contributed by atoms with Gasteiger partial charge in [0.1, 0.15) is 0 Å². The Morgan fingerprint density at radius 3 is 2.52 bits per heavy atom. The number of piperidine rings is 1. The second kappa shape index (κ2) is 8.81. The summed E-state index contributed by atoms with van der Waals surface area (Å²) in [5, 5.41) is 0. The zero-order chi connectivity index (χ0) is 17.6. The highest BCUT2D eigenvalue weighted by molar-refractivity contribution is 5.79. The van der Waals surface area contributed by atoms with E-state index < -0.39 is 0 Å². The number of hydrogen-bond donors (Lipinski definition) is 1. The number of benzene rings is 1. The Bertz CT molecular complexity index is 540. The number of nitrogens with two attached hydrogens (primary N) is 1. The molecule has 1 aliphatic heterocycles. The predicted molar refractivity (Wildman–Crippen MR) is 100 cm³/mol. The van der Waals surface area contributed by atoms with Gasteiger partial charge < -0.3 is 15.4 Å². The number of aryl methyl sites for hydroxylation is 1. The molecule has 4 heteroatoms. The van der Waals surface area contributed by atoms with Gasteiger partial charge in [0.25, 0.3) is 0 Å². The van der Waals surface area contributed by atoms with Gasteiger partial charge in [-0.05, 0) is 56.4 Å². The smallest absolute Gasteiger partial charge is 0.225 e. The molecule has 0 aromatic heterocycles. The van der Waals surface area contributed by atoms with E-state index in [-0.39, 0.29) is 18.1 Å². The van der Waals surface area contributed by atoms with Crippen molar-refractivity contribution in [1.29, 1.82) is 0 Å². The number of carbonyl (C=O) groups excluding carboxylic acids is 1. The average molecular weight is 344 g/mol. The second-order valence-corrected chi connectivity index (χ2v) is 7.74. The highest BCUT2D eigenvalue weighted by Crippen LogP contribution is 2.29. The first kappa shape index (κ1) is 18.4. The van der Waals surface area contributed by atoms with Crippen LogP contribution in [0.25, 0.3) is 0 Å². The largest absolute Gasteiger partial charge is 0.380 e. The molecule has 3 rings (SSSR count). The zero-order valence-electron chi connectivity index (χ0n) is 15.4. The molecule has 0 spiro atoms. The second-order valence-electron chi connectivity index (χ2n) is 7.74. The molecule has 2 N–H and O–H groups in total. The first-order chi connectivity index (χ1) is 12.2. The molecule has 4 nitrogen and oxygen atoms in total. The van der Waals surface area contributed by atoms with Crippen LogP contribution in [0.5, 0.6) is 0 Å². The van der Waals surface area contributed by atoms with Crippen molar-refractivity contribution in [3.05, 3.63) is 35.9 Å². The van der Waals surface area contributed by atoms with E-state index in [1.807, 2.05) is 0 Å². The quantitative estimate of drug-likeness (QED) is 0.893. The minimum atomic E-state index is -0.00360. The Morgan fingerprint density at radius 2 is 1.88 bits per heavy atom. The maximum absolute atomic E-state index is 12.8. The van der Waals surface area contributed by atoms with Crippen LogP contribution < -0.4 is 5.73 Å². The normalized spacial score (nSPS) is 28.1. The molecule has 1 saturated carbocycles. The number of ether oxygens (including phenoxy) is 1. The van der Waals surface area contributed by atoms with Crippen LogP contribution in [-0.4, -0.2) is 43.2 Å². The van der Waals surface area contributed by atoms with Crippen molar-refractivity contribution in [2.75, 3.05) is 20.2 Å². The molecule has 1 aliphatic carbocycles. The third-order valence-corrected chi connectivity index (χ3v) is 6.10. The number of hydrogen-bond acceptors (Lipinski definition) is 3. The average Bonchev–Trinajstić information content (AvgIpc) is 2.67. The summed E-state index contributed by atoms with van der Waals surface area (Å²) in [6.45, 7) is 1.83. The Hall–Kier alpha value is -1.39. The topological polar surface area (TPSA) is 55.6 Å². The zero-order valence-corrected chi connectivity index (χ0v) is 15.4. The van der Waals surface area contributed by atoms with Gasteiger partial charge in [0, 0.05) is 32.2 Å². The van der Waals surface area contributed by atoms with Crippen molar-refractivity contribution in [2.45, 2.75) is 57.1 Å². The van der Waals surface area contributed by atoms with E-state index in [0.29, 0.717) is 5.91 Å². The SMILES string of the molecule is CO[C@@H]1CC[C@H](C(=O)N2CCC(CCc3ccccc3)CC2)C[C@H]1N. The van der Waals surface area contributed by atoms with Crippen LogP contribution in [0, 0.1) is 11.8 Å². The first-order valence-electron chi connectivity index (χ1n) is 9.78.